The predicted molar refractivity (Wildman–Crippen MR) is 144 cm³/mol. The fourth-order valence-electron chi connectivity index (χ4n) is 4.67. The molecule has 1 aromatic heterocycles. The Morgan fingerprint density at radius 2 is 1.78 bits per heavy atom. The van der Waals surface area contributed by atoms with Gasteiger partial charge in [-0.2, -0.15) is 0 Å². The number of unbranched alkanes of at least 4 members (excludes halogenated alkanes) is 1. The maximum Gasteiger partial charge on any atom is 0.255 e. The van der Waals surface area contributed by atoms with Crippen molar-refractivity contribution in [2.24, 2.45) is 0 Å². The summed E-state index contributed by atoms with van der Waals surface area (Å²) in [5.74, 6) is 1.60. The van der Waals surface area contributed by atoms with Crippen LogP contribution in [0.4, 0.5) is 0 Å². The molecule has 0 saturated carbocycles. The Morgan fingerprint density at radius 3 is 2.56 bits per heavy atom. The molecule has 1 heterocycles. The number of phenolic OH excluding ortho intramolecular Hbond substituents is 1. The molecule has 0 fully saturated rings. The molecule has 0 unspecified atom stereocenters. The molecular formula is C31H29NO4. The zero-order valence-electron chi connectivity index (χ0n) is 20.5. The second kappa shape index (κ2) is 10.2. The molecule has 0 spiro atoms. The van der Waals surface area contributed by atoms with Crippen molar-refractivity contribution < 1.29 is 19.1 Å². The number of hydrogen-bond acceptors (Lipinski definition) is 4. The first kappa shape index (κ1) is 23.5. The van der Waals surface area contributed by atoms with Crippen LogP contribution in [-0.4, -0.2) is 18.1 Å². The van der Waals surface area contributed by atoms with Crippen molar-refractivity contribution >= 4 is 27.6 Å². The second-order valence-electron chi connectivity index (χ2n) is 8.93. The summed E-state index contributed by atoms with van der Waals surface area (Å²) in [5.41, 5.74) is 4.03. The van der Waals surface area contributed by atoms with E-state index in [1.165, 1.54) is 0 Å². The first-order chi connectivity index (χ1) is 17.6. The van der Waals surface area contributed by atoms with Gasteiger partial charge in [-0.25, -0.2) is 0 Å². The number of fused-ring (bicyclic) bond motifs is 2. The summed E-state index contributed by atoms with van der Waals surface area (Å²) in [4.78, 5) is 13.3. The van der Waals surface area contributed by atoms with Gasteiger partial charge in [0.2, 0.25) is 0 Å². The van der Waals surface area contributed by atoms with Crippen LogP contribution in [0.3, 0.4) is 0 Å². The number of hydrogen-bond donors (Lipinski definition) is 2. The van der Waals surface area contributed by atoms with Crippen LogP contribution in [-0.2, 0) is 13.0 Å². The Labute approximate surface area is 210 Å². The van der Waals surface area contributed by atoms with E-state index in [9.17, 15) is 9.90 Å². The molecule has 36 heavy (non-hydrogen) atoms. The number of furan rings is 1. The number of aryl methyl sites for hydroxylation is 1. The van der Waals surface area contributed by atoms with Gasteiger partial charge >= 0.3 is 0 Å². The van der Waals surface area contributed by atoms with Gasteiger partial charge < -0.3 is 19.6 Å². The van der Waals surface area contributed by atoms with Crippen molar-refractivity contribution in [3.63, 3.8) is 0 Å². The third kappa shape index (κ3) is 4.52. The van der Waals surface area contributed by atoms with Crippen molar-refractivity contribution in [2.75, 3.05) is 7.11 Å². The minimum atomic E-state index is -0.129. The Kier molecular flexibility index (Phi) is 6.63. The molecule has 0 radical (unpaired) electrons. The third-order valence-corrected chi connectivity index (χ3v) is 6.55. The number of aromatic hydroxyl groups is 1. The number of phenols is 1. The lowest BCUT2D eigenvalue weighted by Crippen LogP contribution is -2.23. The Bertz CT molecular complexity index is 1530. The van der Waals surface area contributed by atoms with Crippen LogP contribution in [0.15, 0.2) is 83.3 Å². The van der Waals surface area contributed by atoms with Crippen LogP contribution < -0.4 is 10.1 Å². The monoisotopic (exact) mass is 479 g/mol. The van der Waals surface area contributed by atoms with Crippen molar-refractivity contribution in [3.8, 4) is 22.6 Å². The number of nitrogens with one attached hydrogen (secondary N) is 1. The zero-order valence-corrected chi connectivity index (χ0v) is 20.5. The molecule has 182 valence electrons. The number of amides is 1. The largest absolute Gasteiger partial charge is 0.507 e. The Balaban J connectivity index is 1.41. The summed E-state index contributed by atoms with van der Waals surface area (Å²) in [5, 5.41) is 16.5. The summed E-state index contributed by atoms with van der Waals surface area (Å²) in [7, 11) is 1.63. The quantitative estimate of drug-likeness (QED) is 0.246. The standard InChI is InChI=1S/C31H29NO4/c1-3-4-8-28-30(25-7-5-6-9-27(25)36-28)31(34)32-19-20-10-16-24-22(18-20)13-17-26(33)29(24)21-11-14-23(35-2)15-12-21/h5-7,9-18,33H,3-4,8,19H2,1-2H3,(H,32,34). The maximum atomic E-state index is 13.3. The van der Waals surface area contributed by atoms with E-state index in [1.54, 1.807) is 13.2 Å². The Morgan fingerprint density at radius 1 is 0.972 bits per heavy atom. The highest BCUT2D eigenvalue weighted by atomic mass is 16.5. The summed E-state index contributed by atoms with van der Waals surface area (Å²) in [6.45, 7) is 2.52. The first-order valence-electron chi connectivity index (χ1n) is 12.3. The van der Waals surface area contributed by atoms with Crippen molar-refractivity contribution in [1.82, 2.24) is 5.32 Å². The third-order valence-electron chi connectivity index (χ3n) is 6.55. The maximum absolute atomic E-state index is 13.3. The number of ether oxygens (including phenoxy) is 1. The SMILES string of the molecule is CCCCc1oc2ccccc2c1C(=O)NCc1ccc2c(-c3ccc(OC)cc3)c(O)ccc2c1. The second-order valence-corrected chi connectivity index (χ2v) is 8.93. The minimum absolute atomic E-state index is 0.129. The van der Waals surface area contributed by atoms with Crippen molar-refractivity contribution in [2.45, 2.75) is 32.7 Å². The average Bonchev–Trinajstić information content (AvgIpc) is 3.29. The molecule has 0 atom stereocenters. The van der Waals surface area contributed by atoms with Crippen molar-refractivity contribution in [3.05, 3.63) is 95.7 Å². The van der Waals surface area contributed by atoms with Crippen LogP contribution in [0.5, 0.6) is 11.5 Å². The van der Waals surface area contributed by atoms with Gasteiger partial charge in [-0.05, 0) is 58.7 Å². The molecule has 1 amide bonds. The lowest BCUT2D eigenvalue weighted by molar-refractivity contribution is 0.0950. The fourth-order valence-corrected chi connectivity index (χ4v) is 4.67. The number of benzene rings is 4. The molecule has 0 aliphatic carbocycles. The molecule has 2 N–H and O–H groups in total. The van der Waals surface area contributed by atoms with E-state index in [0.717, 1.165) is 69.2 Å². The molecule has 0 bridgehead atoms. The van der Waals surface area contributed by atoms with E-state index < -0.39 is 0 Å². The molecule has 5 heteroatoms. The topological polar surface area (TPSA) is 71.7 Å². The van der Waals surface area contributed by atoms with Gasteiger partial charge in [0, 0.05) is 23.9 Å². The van der Waals surface area contributed by atoms with Crippen LogP contribution in [0, 0.1) is 0 Å². The highest BCUT2D eigenvalue weighted by Crippen LogP contribution is 2.37. The highest BCUT2D eigenvalue weighted by molar-refractivity contribution is 6.07. The fraction of sp³-hybridized carbons (Fsp3) is 0.194. The first-order valence-corrected chi connectivity index (χ1v) is 12.3. The lowest BCUT2D eigenvalue weighted by Gasteiger charge is -2.12. The van der Waals surface area contributed by atoms with Crippen LogP contribution in [0.2, 0.25) is 0 Å². The van der Waals surface area contributed by atoms with E-state index in [0.29, 0.717) is 12.1 Å². The smallest absolute Gasteiger partial charge is 0.255 e. The van der Waals surface area contributed by atoms with E-state index in [1.807, 2.05) is 72.8 Å². The minimum Gasteiger partial charge on any atom is -0.507 e. The summed E-state index contributed by atoms with van der Waals surface area (Å²) in [6.07, 6.45) is 2.74. The molecule has 0 saturated heterocycles. The number of carbonyl (C=O) groups is 1. The molecular weight excluding hydrogens is 450 g/mol. The van der Waals surface area contributed by atoms with Crippen LogP contribution in [0.1, 0.15) is 41.4 Å². The van der Waals surface area contributed by atoms with E-state index >= 15 is 0 Å². The van der Waals surface area contributed by atoms with E-state index in [2.05, 4.69) is 12.2 Å². The van der Waals surface area contributed by atoms with Crippen LogP contribution in [0.25, 0.3) is 32.9 Å². The van der Waals surface area contributed by atoms with Gasteiger partial charge in [0.25, 0.3) is 5.91 Å². The van der Waals surface area contributed by atoms with Crippen LogP contribution >= 0.6 is 0 Å². The molecule has 5 aromatic rings. The zero-order chi connectivity index (χ0) is 25.1. The summed E-state index contributed by atoms with van der Waals surface area (Å²) >= 11 is 0. The number of methoxy groups -OCH3 is 1. The lowest BCUT2D eigenvalue weighted by atomic mass is 9.96. The van der Waals surface area contributed by atoms with Gasteiger partial charge in [-0.3, -0.25) is 4.79 Å². The molecule has 0 aliphatic rings. The molecule has 5 rings (SSSR count). The number of carbonyl (C=O) groups excluding carboxylic acids is 1. The van der Waals surface area contributed by atoms with E-state index in [4.69, 9.17) is 9.15 Å². The normalized spacial score (nSPS) is 11.2. The number of para-hydroxylation sites is 1. The summed E-state index contributed by atoms with van der Waals surface area (Å²) in [6, 6.07) is 25.0. The van der Waals surface area contributed by atoms with Gasteiger partial charge in [0.05, 0.1) is 12.7 Å². The van der Waals surface area contributed by atoms with Gasteiger partial charge in [-0.15, -0.1) is 0 Å². The predicted octanol–water partition coefficient (Wildman–Crippen LogP) is 7.24. The summed E-state index contributed by atoms with van der Waals surface area (Å²) < 4.78 is 11.3. The van der Waals surface area contributed by atoms with Gasteiger partial charge in [0.15, 0.2) is 0 Å². The van der Waals surface area contributed by atoms with Gasteiger partial charge in [0.1, 0.15) is 22.8 Å². The average molecular weight is 480 g/mol. The Hall–Kier alpha value is -4.25. The van der Waals surface area contributed by atoms with E-state index in [-0.39, 0.29) is 11.7 Å². The molecule has 0 aliphatic heterocycles. The van der Waals surface area contributed by atoms with Gasteiger partial charge in [-0.1, -0.05) is 61.9 Å². The number of rotatable bonds is 8. The van der Waals surface area contributed by atoms with Crippen molar-refractivity contribution in [1.29, 1.82) is 0 Å². The molecule has 4 aromatic carbocycles. The molecule has 5 nitrogen and oxygen atoms in total. The highest BCUT2D eigenvalue weighted by Gasteiger charge is 2.20.